The van der Waals surface area contributed by atoms with Crippen molar-refractivity contribution in [3.05, 3.63) is 70.7 Å². The first-order valence-corrected chi connectivity index (χ1v) is 9.50. The van der Waals surface area contributed by atoms with Gasteiger partial charge in [-0.15, -0.1) is 0 Å². The van der Waals surface area contributed by atoms with Crippen LogP contribution in [-0.2, 0) is 20.5 Å². The second kappa shape index (κ2) is 9.13. The van der Waals surface area contributed by atoms with Gasteiger partial charge in [-0.3, -0.25) is 9.36 Å². The molecule has 10 heteroatoms. The van der Waals surface area contributed by atoms with E-state index in [-0.39, 0.29) is 0 Å². The van der Waals surface area contributed by atoms with Crippen molar-refractivity contribution < 1.29 is 32.0 Å². The summed E-state index contributed by atoms with van der Waals surface area (Å²) >= 11 is 0. The van der Waals surface area contributed by atoms with E-state index in [9.17, 15) is 22.8 Å². The van der Waals surface area contributed by atoms with Gasteiger partial charge in [0.15, 0.2) is 12.4 Å². The molecule has 32 heavy (non-hydrogen) atoms. The third-order valence-electron chi connectivity index (χ3n) is 4.57. The minimum Gasteiger partial charge on any atom is -0.452 e. The van der Waals surface area contributed by atoms with Gasteiger partial charge in [-0.2, -0.15) is 13.2 Å². The molecule has 2 heterocycles. The molecule has 3 aromatic rings. The van der Waals surface area contributed by atoms with Crippen molar-refractivity contribution in [3.63, 3.8) is 0 Å². The van der Waals surface area contributed by atoms with E-state index < -0.39 is 35.9 Å². The lowest BCUT2D eigenvalue weighted by Crippen LogP contribution is -2.22. The van der Waals surface area contributed by atoms with Crippen molar-refractivity contribution >= 4 is 23.6 Å². The summed E-state index contributed by atoms with van der Waals surface area (Å²) in [6.07, 6.45) is -1.97. The summed E-state index contributed by atoms with van der Waals surface area (Å²) in [6, 6.07) is 8.15. The van der Waals surface area contributed by atoms with E-state index in [1.807, 2.05) is 24.5 Å². The van der Waals surface area contributed by atoms with Crippen molar-refractivity contribution in [3.8, 4) is 5.82 Å². The van der Waals surface area contributed by atoms with Crippen LogP contribution in [0.2, 0.25) is 0 Å². The van der Waals surface area contributed by atoms with Crippen molar-refractivity contribution in [1.82, 2.24) is 9.72 Å². The average Bonchev–Trinajstić information content (AvgIpc) is 3.26. The Labute approximate surface area is 181 Å². The number of esters is 1. The van der Waals surface area contributed by atoms with Crippen LogP contribution >= 0.6 is 0 Å². The Morgan fingerprint density at radius 3 is 2.56 bits per heavy atom. The number of anilines is 1. The fourth-order valence-electron chi connectivity index (χ4n) is 3.14. The normalized spacial score (nSPS) is 11.7. The van der Waals surface area contributed by atoms with E-state index in [0.717, 1.165) is 35.2 Å². The number of alkyl halides is 3. The van der Waals surface area contributed by atoms with Crippen LogP contribution in [-0.4, -0.2) is 28.2 Å². The van der Waals surface area contributed by atoms with E-state index in [4.69, 9.17) is 9.26 Å². The standard InChI is InChI=1S/C22H20F3N3O4/c1-13-10-16(15(3)28(13)19-11-14(2)32-27-19)8-9-21(30)31-12-20(29)26-18-7-5-4-6-17(18)22(23,24)25/h4-11H,12H2,1-3H3,(H,26,29). The molecule has 0 atom stereocenters. The summed E-state index contributed by atoms with van der Waals surface area (Å²) in [6.45, 7) is 4.76. The van der Waals surface area contributed by atoms with Crippen LogP contribution in [0.15, 0.2) is 47.0 Å². The molecule has 1 amide bonds. The van der Waals surface area contributed by atoms with Crippen LogP contribution < -0.4 is 5.32 Å². The summed E-state index contributed by atoms with van der Waals surface area (Å²) in [5.74, 6) is -0.436. The molecule has 3 rings (SSSR count). The molecule has 7 nitrogen and oxygen atoms in total. The number of hydrogen-bond donors (Lipinski definition) is 1. The highest BCUT2D eigenvalue weighted by Gasteiger charge is 2.33. The SMILES string of the molecule is Cc1cc(-n2c(C)cc(C=CC(=O)OCC(=O)Nc3ccccc3C(F)(F)F)c2C)no1. The highest BCUT2D eigenvalue weighted by Crippen LogP contribution is 2.34. The zero-order chi connectivity index (χ0) is 23.5. The predicted molar refractivity (Wildman–Crippen MR) is 110 cm³/mol. The number of halogens is 3. The molecular weight excluding hydrogens is 427 g/mol. The number of nitrogens with zero attached hydrogens (tertiary/aromatic N) is 2. The molecule has 0 aliphatic rings. The lowest BCUT2D eigenvalue weighted by atomic mass is 10.1. The van der Waals surface area contributed by atoms with Gasteiger partial charge in [0.05, 0.1) is 11.3 Å². The number of carbonyl (C=O) groups is 2. The zero-order valence-corrected chi connectivity index (χ0v) is 17.5. The largest absolute Gasteiger partial charge is 0.452 e. The maximum absolute atomic E-state index is 13.0. The molecule has 0 unspecified atom stereocenters. The molecule has 0 spiro atoms. The lowest BCUT2D eigenvalue weighted by molar-refractivity contribution is -0.142. The Balaban J connectivity index is 1.61. The quantitative estimate of drug-likeness (QED) is 0.441. The Kier molecular flexibility index (Phi) is 6.52. The number of para-hydroxylation sites is 1. The lowest BCUT2D eigenvalue weighted by Gasteiger charge is -2.13. The van der Waals surface area contributed by atoms with Crippen LogP contribution in [0.4, 0.5) is 18.9 Å². The van der Waals surface area contributed by atoms with Gasteiger partial charge in [0.2, 0.25) is 0 Å². The molecular formula is C22H20F3N3O4. The summed E-state index contributed by atoms with van der Waals surface area (Å²) in [5, 5.41) is 6.09. The first kappa shape index (κ1) is 22.9. The first-order valence-electron chi connectivity index (χ1n) is 9.50. The number of rotatable bonds is 6. The molecule has 0 fully saturated rings. The van der Waals surface area contributed by atoms with Crippen molar-refractivity contribution in [2.45, 2.75) is 26.9 Å². The zero-order valence-electron chi connectivity index (χ0n) is 17.5. The van der Waals surface area contributed by atoms with Crippen LogP contribution in [0, 0.1) is 20.8 Å². The molecule has 0 saturated carbocycles. The van der Waals surface area contributed by atoms with Gasteiger partial charge < -0.3 is 14.6 Å². The molecule has 1 N–H and O–H groups in total. The Hall–Kier alpha value is -3.82. The minimum absolute atomic E-state index is 0.410. The summed E-state index contributed by atoms with van der Waals surface area (Å²) in [5.41, 5.74) is 1.00. The summed E-state index contributed by atoms with van der Waals surface area (Å²) in [7, 11) is 0. The van der Waals surface area contributed by atoms with Crippen molar-refractivity contribution in [1.29, 1.82) is 0 Å². The van der Waals surface area contributed by atoms with Gasteiger partial charge >= 0.3 is 12.1 Å². The fourth-order valence-corrected chi connectivity index (χ4v) is 3.14. The van der Waals surface area contributed by atoms with Gasteiger partial charge in [0.25, 0.3) is 5.91 Å². The Bertz CT molecular complexity index is 1180. The topological polar surface area (TPSA) is 86.4 Å². The predicted octanol–water partition coefficient (Wildman–Crippen LogP) is 4.60. The number of carbonyl (C=O) groups excluding carboxylic acids is 2. The van der Waals surface area contributed by atoms with Crippen LogP contribution in [0.25, 0.3) is 11.9 Å². The molecule has 168 valence electrons. The van der Waals surface area contributed by atoms with Gasteiger partial charge in [-0.1, -0.05) is 17.3 Å². The van der Waals surface area contributed by atoms with E-state index in [2.05, 4.69) is 10.5 Å². The number of amides is 1. The van der Waals surface area contributed by atoms with E-state index >= 15 is 0 Å². The highest BCUT2D eigenvalue weighted by molar-refractivity contribution is 5.95. The molecule has 0 aliphatic carbocycles. The molecule has 1 aromatic carbocycles. The smallest absolute Gasteiger partial charge is 0.418 e. The van der Waals surface area contributed by atoms with Gasteiger partial charge in [-0.05, 0) is 50.6 Å². The second-order valence-corrected chi connectivity index (χ2v) is 6.99. The first-order chi connectivity index (χ1) is 15.1. The maximum Gasteiger partial charge on any atom is 0.418 e. The molecule has 0 radical (unpaired) electrons. The molecule has 0 saturated heterocycles. The number of ether oxygens (including phenoxy) is 1. The average molecular weight is 447 g/mol. The van der Waals surface area contributed by atoms with Crippen molar-refractivity contribution in [2.24, 2.45) is 0 Å². The van der Waals surface area contributed by atoms with Crippen LogP contribution in [0.3, 0.4) is 0 Å². The number of aryl methyl sites for hydroxylation is 2. The third kappa shape index (κ3) is 5.26. The fraction of sp³-hybridized carbons (Fsp3) is 0.227. The minimum atomic E-state index is -4.62. The third-order valence-corrected chi connectivity index (χ3v) is 4.57. The summed E-state index contributed by atoms with van der Waals surface area (Å²) in [4.78, 5) is 23.9. The van der Waals surface area contributed by atoms with Crippen LogP contribution in [0.1, 0.15) is 28.3 Å². The van der Waals surface area contributed by atoms with E-state index in [0.29, 0.717) is 11.6 Å². The molecule has 0 bridgehead atoms. The van der Waals surface area contributed by atoms with E-state index in [1.54, 1.807) is 13.0 Å². The van der Waals surface area contributed by atoms with Crippen LogP contribution in [0.5, 0.6) is 0 Å². The number of aromatic nitrogens is 2. The number of hydrogen-bond acceptors (Lipinski definition) is 5. The van der Waals surface area contributed by atoms with Gasteiger partial charge in [0, 0.05) is 23.5 Å². The summed E-state index contributed by atoms with van der Waals surface area (Å²) < 4.78 is 50.8. The second-order valence-electron chi connectivity index (χ2n) is 6.99. The molecule has 2 aromatic heterocycles. The number of benzene rings is 1. The Morgan fingerprint density at radius 1 is 1.19 bits per heavy atom. The maximum atomic E-state index is 13.0. The number of nitrogens with one attached hydrogen (secondary N) is 1. The highest BCUT2D eigenvalue weighted by atomic mass is 19.4. The van der Waals surface area contributed by atoms with Crippen molar-refractivity contribution in [2.75, 3.05) is 11.9 Å². The van der Waals surface area contributed by atoms with Gasteiger partial charge in [0.1, 0.15) is 5.76 Å². The Morgan fingerprint density at radius 2 is 1.91 bits per heavy atom. The monoisotopic (exact) mass is 447 g/mol. The van der Waals surface area contributed by atoms with E-state index in [1.165, 1.54) is 18.2 Å². The van der Waals surface area contributed by atoms with Gasteiger partial charge in [-0.25, -0.2) is 4.79 Å². The molecule has 0 aliphatic heterocycles.